The Balaban J connectivity index is 2.04. The molecule has 1 atom stereocenters. The smallest absolute Gasteiger partial charge is 0.331 e. The zero-order valence-corrected chi connectivity index (χ0v) is 18.2. The summed E-state index contributed by atoms with van der Waals surface area (Å²) in [6.45, 7) is 5.55. The van der Waals surface area contributed by atoms with Crippen LogP contribution in [0.4, 0.5) is 0 Å². The van der Waals surface area contributed by atoms with Crippen LogP contribution in [0.1, 0.15) is 36.9 Å². The Morgan fingerprint density at radius 2 is 1.62 bits per heavy atom. The van der Waals surface area contributed by atoms with Crippen molar-refractivity contribution in [1.82, 2.24) is 4.98 Å². The molecule has 4 nitrogen and oxygen atoms in total. The number of ether oxygens (including phenoxy) is 1. The molecule has 3 aromatic rings. The molecule has 0 bridgehead atoms. The van der Waals surface area contributed by atoms with Crippen LogP contribution in [0.2, 0.25) is 5.15 Å². The summed E-state index contributed by atoms with van der Waals surface area (Å²) in [6, 6.07) is 18.9. The van der Waals surface area contributed by atoms with E-state index in [-0.39, 0.29) is 5.97 Å². The summed E-state index contributed by atoms with van der Waals surface area (Å²) < 4.78 is 5.65. The Morgan fingerprint density at radius 1 is 1.07 bits per heavy atom. The molecule has 2 aromatic carbocycles. The average molecular weight is 427 g/mol. The number of aliphatic imine (C=N–C) groups is 1. The molecule has 150 valence electrons. The minimum absolute atomic E-state index is 0.329. The lowest BCUT2D eigenvalue weighted by Gasteiger charge is -2.22. The first-order valence-electron chi connectivity index (χ1n) is 9.33. The van der Waals surface area contributed by atoms with Gasteiger partial charge >= 0.3 is 5.97 Å². The second kappa shape index (κ2) is 9.33. The van der Waals surface area contributed by atoms with E-state index in [2.05, 4.69) is 4.98 Å². The number of benzene rings is 2. The first-order chi connectivity index (χ1) is 13.8. The van der Waals surface area contributed by atoms with Crippen molar-refractivity contribution in [3.8, 4) is 0 Å². The summed E-state index contributed by atoms with van der Waals surface area (Å²) in [5.74, 6) is -0.381. The summed E-state index contributed by atoms with van der Waals surface area (Å²) in [7, 11) is 0. The van der Waals surface area contributed by atoms with Gasteiger partial charge in [-0.2, -0.15) is 0 Å². The molecule has 0 aliphatic rings. The van der Waals surface area contributed by atoms with Gasteiger partial charge in [-0.25, -0.2) is 9.78 Å². The minimum Gasteiger partial charge on any atom is -0.458 e. The molecule has 1 heterocycles. The Kier molecular flexibility index (Phi) is 6.83. The normalized spacial score (nSPS) is 12.3. The van der Waals surface area contributed by atoms with Crippen molar-refractivity contribution in [2.75, 3.05) is 0 Å². The average Bonchev–Trinajstić information content (AvgIpc) is 3.10. The number of halogens is 1. The molecule has 0 N–H and O–H groups in total. The van der Waals surface area contributed by atoms with Crippen LogP contribution in [0.3, 0.4) is 0 Å². The zero-order valence-electron chi connectivity index (χ0n) is 16.6. The van der Waals surface area contributed by atoms with Crippen molar-refractivity contribution >= 4 is 34.6 Å². The number of rotatable bonds is 6. The molecular weight excluding hydrogens is 404 g/mol. The number of aromatic nitrogens is 1. The molecule has 29 heavy (non-hydrogen) atoms. The van der Waals surface area contributed by atoms with Crippen LogP contribution in [0.15, 0.2) is 71.0 Å². The van der Waals surface area contributed by atoms with E-state index in [9.17, 15) is 4.79 Å². The van der Waals surface area contributed by atoms with Crippen molar-refractivity contribution in [2.24, 2.45) is 4.99 Å². The third-order valence-corrected chi connectivity index (χ3v) is 5.14. The monoisotopic (exact) mass is 426 g/mol. The molecular formula is C23H23ClN2O2S. The second-order valence-electron chi connectivity index (χ2n) is 7.53. The van der Waals surface area contributed by atoms with E-state index in [1.807, 2.05) is 81.4 Å². The molecule has 0 spiro atoms. The maximum absolute atomic E-state index is 13.0. The van der Waals surface area contributed by atoms with E-state index in [0.717, 1.165) is 21.8 Å². The molecule has 1 unspecified atom stereocenters. The number of carbonyl (C=O) groups excluding carboxylic acids is 1. The molecule has 3 rings (SSSR count). The summed E-state index contributed by atoms with van der Waals surface area (Å²) in [6.07, 6.45) is 0.329. The fraction of sp³-hybridized carbons (Fsp3) is 0.261. The molecule has 0 aliphatic heterocycles. The Labute approximate surface area is 180 Å². The summed E-state index contributed by atoms with van der Waals surface area (Å²) in [4.78, 5) is 22.1. The van der Waals surface area contributed by atoms with Gasteiger partial charge in [0.1, 0.15) is 10.8 Å². The third-order valence-electron chi connectivity index (χ3n) is 3.95. The van der Waals surface area contributed by atoms with Crippen LogP contribution in [-0.2, 0) is 16.0 Å². The number of nitrogens with zero attached hydrogens (tertiary/aromatic N) is 2. The van der Waals surface area contributed by atoms with Gasteiger partial charge in [-0.15, -0.1) is 11.3 Å². The molecule has 1 aromatic heterocycles. The molecule has 0 saturated carbocycles. The number of thiazole rings is 1. The molecule has 0 saturated heterocycles. The van der Waals surface area contributed by atoms with Crippen LogP contribution < -0.4 is 0 Å². The van der Waals surface area contributed by atoms with Crippen LogP contribution in [0.25, 0.3) is 0 Å². The molecule has 0 aliphatic carbocycles. The van der Waals surface area contributed by atoms with Crippen LogP contribution >= 0.6 is 22.9 Å². The second-order valence-corrected chi connectivity index (χ2v) is 8.86. The summed E-state index contributed by atoms with van der Waals surface area (Å²) in [5, 5.41) is 2.92. The lowest BCUT2D eigenvalue weighted by atomic mass is 10.0. The largest absolute Gasteiger partial charge is 0.458 e. The third kappa shape index (κ3) is 6.24. The van der Waals surface area contributed by atoms with Gasteiger partial charge < -0.3 is 4.74 Å². The fourth-order valence-electron chi connectivity index (χ4n) is 2.76. The van der Waals surface area contributed by atoms with E-state index in [0.29, 0.717) is 11.6 Å². The molecule has 0 amide bonds. The lowest BCUT2D eigenvalue weighted by molar-refractivity contribution is -0.156. The SMILES string of the molecule is CC(C)(C)OC(=O)C(Cc1nc(Cl)cs1)N=C(c1ccccc1)c1ccccc1. The van der Waals surface area contributed by atoms with Crippen LogP contribution in [-0.4, -0.2) is 28.3 Å². The van der Waals surface area contributed by atoms with Gasteiger partial charge in [0.15, 0.2) is 6.04 Å². The van der Waals surface area contributed by atoms with Crippen molar-refractivity contribution in [2.45, 2.75) is 38.8 Å². The van der Waals surface area contributed by atoms with Gasteiger partial charge in [0.2, 0.25) is 0 Å². The number of hydrogen-bond donors (Lipinski definition) is 0. The van der Waals surface area contributed by atoms with Crippen LogP contribution in [0, 0.1) is 0 Å². The highest BCUT2D eigenvalue weighted by molar-refractivity contribution is 7.10. The van der Waals surface area contributed by atoms with Crippen molar-refractivity contribution in [3.63, 3.8) is 0 Å². The first kappa shape index (κ1) is 21.2. The predicted molar refractivity (Wildman–Crippen MR) is 119 cm³/mol. The Bertz CT molecular complexity index is 937. The highest BCUT2D eigenvalue weighted by Crippen LogP contribution is 2.21. The fourth-order valence-corrected chi connectivity index (χ4v) is 3.74. The molecule has 0 radical (unpaired) electrons. The molecule has 0 fully saturated rings. The quantitative estimate of drug-likeness (QED) is 0.381. The van der Waals surface area contributed by atoms with E-state index < -0.39 is 11.6 Å². The Hall–Kier alpha value is -2.50. The Morgan fingerprint density at radius 3 is 2.07 bits per heavy atom. The van der Waals surface area contributed by atoms with Gasteiger partial charge in [-0.3, -0.25) is 4.99 Å². The zero-order chi connectivity index (χ0) is 20.9. The number of hydrogen-bond acceptors (Lipinski definition) is 5. The molecule has 6 heteroatoms. The van der Waals surface area contributed by atoms with E-state index in [4.69, 9.17) is 21.3 Å². The topological polar surface area (TPSA) is 51.5 Å². The van der Waals surface area contributed by atoms with E-state index in [1.54, 1.807) is 5.38 Å². The van der Waals surface area contributed by atoms with Gasteiger partial charge in [-0.05, 0) is 20.8 Å². The van der Waals surface area contributed by atoms with E-state index in [1.165, 1.54) is 11.3 Å². The summed E-state index contributed by atoms with van der Waals surface area (Å²) >= 11 is 7.39. The number of esters is 1. The highest BCUT2D eigenvalue weighted by atomic mass is 35.5. The maximum Gasteiger partial charge on any atom is 0.331 e. The number of carbonyl (C=O) groups is 1. The van der Waals surface area contributed by atoms with Crippen LogP contribution in [0.5, 0.6) is 0 Å². The van der Waals surface area contributed by atoms with Crippen molar-refractivity contribution in [3.05, 3.63) is 87.3 Å². The van der Waals surface area contributed by atoms with Gasteiger partial charge in [0, 0.05) is 22.9 Å². The maximum atomic E-state index is 13.0. The van der Waals surface area contributed by atoms with Crippen molar-refractivity contribution < 1.29 is 9.53 Å². The predicted octanol–water partition coefficient (Wildman–Crippen LogP) is 5.59. The minimum atomic E-state index is -0.730. The highest BCUT2D eigenvalue weighted by Gasteiger charge is 2.27. The summed E-state index contributed by atoms with van der Waals surface area (Å²) in [5.41, 5.74) is 2.00. The van der Waals surface area contributed by atoms with Gasteiger partial charge in [0.05, 0.1) is 10.7 Å². The first-order valence-corrected chi connectivity index (χ1v) is 10.6. The van der Waals surface area contributed by atoms with Gasteiger partial charge in [-0.1, -0.05) is 72.3 Å². The van der Waals surface area contributed by atoms with E-state index >= 15 is 0 Å². The van der Waals surface area contributed by atoms with Crippen molar-refractivity contribution in [1.29, 1.82) is 0 Å². The standard InChI is InChI=1S/C23H23ClN2O2S/c1-23(2,3)28-22(27)18(14-20-26-19(24)15-29-20)25-21(16-10-6-4-7-11-16)17-12-8-5-9-13-17/h4-13,15,18H,14H2,1-3H3. The lowest BCUT2D eigenvalue weighted by Crippen LogP contribution is -2.33. The van der Waals surface area contributed by atoms with Gasteiger partial charge in [0.25, 0.3) is 0 Å².